The molecule has 1 aliphatic rings. The smallest absolute Gasteiger partial charge is 0.259 e. The van der Waals surface area contributed by atoms with Crippen molar-refractivity contribution in [2.45, 2.75) is 25.7 Å². The highest BCUT2D eigenvalue weighted by Gasteiger charge is 2.17. The fraction of sp³-hybridized carbons (Fsp3) is 0.286. The van der Waals surface area contributed by atoms with Gasteiger partial charge in [-0.3, -0.25) is 16.0 Å². The van der Waals surface area contributed by atoms with Crippen molar-refractivity contribution in [2.24, 2.45) is 5.84 Å². The monoisotopic (exact) mass is 288 g/mol. The third kappa shape index (κ3) is 2.52. The lowest BCUT2D eigenvalue weighted by Gasteiger charge is -2.07. The molecule has 5 nitrogen and oxygen atoms in total. The molecule has 0 fully saturated rings. The van der Waals surface area contributed by atoms with E-state index in [1.807, 2.05) is 12.1 Å². The number of nitrogens with one attached hydrogen (secondary N) is 2. The van der Waals surface area contributed by atoms with E-state index < -0.39 is 0 Å². The number of nitrogens with zero attached hydrogens (tertiary/aromatic N) is 1. The van der Waals surface area contributed by atoms with E-state index in [-0.39, 0.29) is 5.91 Å². The fourth-order valence-corrected chi connectivity index (χ4v) is 3.42. The van der Waals surface area contributed by atoms with Gasteiger partial charge in [-0.05, 0) is 37.8 Å². The first-order chi connectivity index (χ1) is 9.78. The SMILES string of the molecule is NNc1ccccc1C(=O)Nc1nc2c(s1)CCCC2. The second-order valence-corrected chi connectivity index (χ2v) is 5.82. The van der Waals surface area contributed by atoms with Gasteiger partial charge in [-0.1, -0.05) is 12.1 Å². The summed E-state index contributed by atoms with van der Waals surface area (Å²) in [7, 11) is 0. The number of benzene rings is 1. The zero-order valence-electron chi connectivity index (χ0n) is 11.0. The summed E-state index contributed by atoms with van der Waals surface area (Å²) in [6.45, 7) is 0. The first kappa shape index (κ1) is 13.1. The Morgan fingerprint density at radius 2 is 2.05 bits per heavy atom. The summed E-state index contributed by atoms with van der Waals surface area (Å²) in [4.78, 5) is 18.1. The van der Waals surface area contributed by atoms with E-state index in [4.69, 9.17) is 5.84 Å². The number of hydrogen-bond donors (Lipinski definition) is 3. The van der Waals surface area contributed by atoms with Crippen LogP contribution in [0, 0.1) is 0 Å². The minimum absolute atomic E-state index is 0.190. The number of anilines is 2. The van der Waals surface area contributed by atoms with Crippen molar-refractivity contribution in [1.82, 2.24) is 4.98 Å². The lowest BCUT2D eigenvalue weighted by atomic mass is 10.0. The minimum Gasteiger partial charge on any atom is -0.323 e. The first-order valence-electron chi connectivity index (χ1n) is 6.63. The molecule has 2 aromatic rings. The van der Waals surface area contributed by atoms with Crippen LogP contribution in [-0.2, 0) is 12.8 Å². The number of thiazole rings is 1. The van der Waals surface area contributed by atoms with Crippen LogP contribution < -0.4 is 16.6 Å². The summed E-state index contributed by atoms with van der Waals surface area (Å²) < 4.78 is 0. The topological polar surface area (TPSA) is 80.0 Å². The van der Waals surface area contributed by atoms with E-state index in [1.165, 1.54) is 17.7 Å². The van der Waals surface area contributed by atoms with Gasteiger partial charge in [0.25, 0.3) is 5.91 Å². The molecular weight excluding hydrogens is 272 g/mol. The Hall–Kier alpha value is -1.92. The van der Waals surface area contributed by atoms with Crippen LogP contribution in [0.15, 0.2) is 24.3 Å². The van der Waals surface area contributed by atoms with Gasteiger partial charge >= 0.3 is 0 Å². The highest BCUT2D eigenvalue weighted by atomic mass is 32.1. The quantitative estimate of drug-likeness (QED) is 0.599. The molecule has 0 saturated carbocycles. The summed E-state index contributed by atoms with van der Waals surface area (Å²) >= 11 is 1.58. The predicted molar refractivity (Wildman–Crippen MR) is 81.0 cm³/mol. The maximum atomic E-state index is 12.3. The maximum absolute atomic E-state index is 12.3. The Kier molecular flexibility index (Phi) is 3.66. The van der Waals surface area contributed by atoms with Crippen LogP contribution in [-0.4, -0.2) is 10.9 Å². The van der Waals surface area contributed by atoms with Gasteiger partial charge in [0.15, 0.2) is 5.13 Å². The molecule has 1 aromatic heterocycles. The number of carbonyl (C=O) groups excluding carboxylic acids is 1. The lowest BCUT2D eigenvalue weighted by molar-refractivity contribution is 0.102. The van der Waals surface area contributed by atoms with E-state index in [9.17, 15) is 4.79 Å². The fourth-order valence-electron chi connectivity index (χ4n) is 2.38. The molecular formula is C14H16N4OS. The van der Waals surface area contributed by atoms with Crippen molar-refractivity contribution >= 4 is 28.1 Å². The number of amides is 1. The van der Waals surface area contributed by atoms with Gasteiger partial charge in [0.05, 0.1) is 16.9 Å². The average Bonchev–Trinajstić information content (AvgIpc) is 2.89. The van der Waals surface area contributed by atoms with Gasteiger partial charge in [-0.2, -0.15) is 0 Å². The number of hydrazine groups is 1. The highest BCUT2D eigenvalue weighted by Crippen LogP contribution is 2.30. The number of carbonyl (C=O) groups is 1. The molecule has 20 heavy (non-hydrogen) atoms. The van der Waals surface area contributed by atoms with Crippen molar-refractivity contribution in [1.29, 1.82) is 0 Å². The van der Waals surface area contributed by atoms with E-state index >= 15 is 0 Å². The molecule has 4 N–H and O–H groups in total. The van der Waals surface area contributed by atoms with E-state index in [2.05, 4.69) is 15.7 Å². The van der Waals surface area contributed by atoms with Crippen LogP contribution in [0.1, 0.15) is 33.8 Å². The minimum atomic E-state index is -0.190. The van der Waals surface area contributed by atoms with Crippen molar-refractivity contribution in [3.05, 3.63) is 40.4 Å². The van der Waals surface area contributed by atoms with Crippen molar-refractivity contribution in [3.63, 3.8) is 0 Å². The zero-order valence-corrected chi connectivity index (χ0v) is 11.8. The summed E-state index contributed by atoms with van der Waals surface area (Å²) in [6.07, 6.45) is 4.49. The second-order valence-electron chi connectivity index (χ2n) is 4.74. The Morgan fingerprint density at radius 1 is 1.25 bits per heavy atom. The molecule has 1 aromatic carbocycles. The number of para-hydroxylation sites is 1. The van der Waals surface area contributed by atoms with E-state index in [0.717, 1.165) is 18.5 Å². The van der Waals surface area contributed by atoms with Crippen LogP contribution in [0.2, 0.25) is 0 Å². The summed E-state index contributed by atoms with van der Waals surface area (Å²) in [5.74, 6) is 5.23. The molecule has 1 amide bonds. The third-order valence-corrected chi connectivity index (χ3v) is 4.47. The van der Waals surface area contributed by atoms with Crippen LogP contribution in [0.4, 0.5) is 10.8 Å². The number of fused-ring (bicyclic) bond motifs is 1. The number of nitrogen functional groups attached to an aromatic ring is 1. The van der Waals surface area contributed by atoms with Gasteiger partial charge in [0, 0.05) is 4.88 Å². The second kappa shape index (κ2) is 5.60. The standard InChI is InChI=1S/C14H16N4OS/c15-18-10-6-2-1-5-9(10)13(19)17-14-16-11-7-3-4-8-12(11)20-14/h1-2,5-6,18H,3-4,7-8,15H2,(H,16,17,19). The number of hydrogen-bond acceptors (Lipinski definition) is 5. The van der Waals surface area contributed by atoms with Crippen LogP contribution in [0.3, 0.4) is 0 Å². The summed E-state index contributed by atoms with van der Waals surface area (Å²) in [5.41, 5.74) is 4.79. The van der Waals surface area contributed by atoms with Gasteiger partial charge in [0.2, 0.25) is 0 Å². The van der Waals surface area contributed by atoms with Crippen molar-refractivity contribution in [2.75, 3.05) is 10.7 Å². The van der Waals surface area contributed by atoms with Gasteiger partial charge in [-0.25, -0.2) is 4.98 Å². The molecule has 3 rings (SSSR count). The molecule has 0 unspecified atom stereocenters. The first-order valence-corrected chi connectivity index (χ1v) is 7.45. The highest BCUT2D eigenvalue weighted by molar-refractivity contribution is 7.15. The molecule has 0 aliphatic heterocycles. The van der Waals surface area contributed by atoms with Gasteiger partial charge < -0.3 is 5.43 Å². The Balaban J connectivity index is 1.80. The summed E-state index contributed by atoms with van der Waals surface area (Å²) in [6, 6.07) is 7.14. The summed E-state index contributed by atoms with van der Waals surface area (Å²) in [5, 5.41) is 3.54. The molecule has 6 heteroatoms. The maximum Gasteiger partial charge on any atom is 0.259 e. The number of aromatic nitrogens is 1. The van der Waals surface area contributed by atoms with Gasteiger partial charge in [-0.15, -0.1) is 11.3 Å². The molecule has 1 aliphatic carbocycles. The van der Waals surface area contributed by atoms with Crippen LogP contribution in [0.5, 0.6) is 0 Å². The Labute approximate surface area is 121 Å². The number of rotatable bonds is 3. The molecule has 0 radical (unpaired) electrons. The Morgan fingerprint density at radius 3 is 2.85 bits per heavy atom. The van der Waals surface area contributed by atoms with Crippen molar-refractivity contribution in [3.8, 4) is 0 Å². The van der Waals surface area contributed by atoms with Crippen LogP contribution in [0.25, 0.3) is 0 Å². The zero-order chi connectivity index (χ0) is 13.9. The normalized spacial score (nSPS) is 13.7. The largest absolute Gasteiger partial charge is 0.323 e. The molecule has 104 valence electrons. The van der Waals surface area contributed by atoms with Crippen molar-refractivity contribution < 1.29 is 4.79 Å². The molecule has 0 spiro atoms. The molecule has 0 atom stereocenters. The average molecular weight is 288 g/mol. The van der Waals surface area contributed by atoms with E-state index in [0.29, 0.717) is 16.4 Å². The molecule has 0 bridgehead atoms. The van der Waals surface area contributed by atoms with Crippen LogP contribution >= 0.6 is 11.3 Å². The lowest BCUT2D eigenvalue weighted by Crippen LogP contribution is -2.17. The predicted octanol–water partition coefficient (Wildman–Crippen LogP) is 2.56. The number of aryl methyl sites for hydroxylation is 2. The van der Waals surface area contributed by atoms with Gasteiger partial charge in [0.1, 0.15) is 0 Å². The molecule has 1 heterocycles. The van der Waals surface area contributed by atoms with E-state index in [1.54, 1.807) is 23.5 Å². The third-order valence-electron chi connectivity index (χ3n) is 3.39. The number of nitrogens with two attached hydrogens (primary N) is 1. The Bertz CT molecular complexity index is 614. The molecule has 0 saturated heterocycles.